The Labute approximate surface area is 132 Å². The molecule has 2 rings (SSSR count). The summed E-state index contributed by atoms with van der Waals surface area (Å²) in [5.41, 5.74) is 0. The summed E-state index contributed by atoms with van der Waals surface area (Å²) in [5, 5.41) is 5.09. The Morgan fingerprint density at radius 3 is 2.71 bits per heavy atom. The minimum atomic E-state index is -3.33. The zero-order chi connectivity index (χ0) is 15.3. The molecular formula is C15H26N2O2S2. The molecule has 1 heterocycles. The molecule has 6 heteroatoms. The van der Waals surface area contributed by atoms with Crippen LogP contribution in [-0.2, 0) is 16.6 Å². The van der Waals surface area contributed by atoms with Gasteiger partial charge in [-0.3, -0.25) is 0 Å². The summed E-state index contributed by atoms with van der Waals surface area (Å²) in [6, 6.07) is 1.99. The molecule has 0 radical (unpaired) electrons. The minimum absolute atomic E-state index is 0.172. The number of hydrogen-bond donors (Lipinski definition) is 1. The first-order chi connectivity index (χ1) is 10.1. The topological polar surface area (TPSA) is 49.4 Å². The summed E-state index contributed by atoms with van der Waals surface area (Å²) < 4.78 is 27.0. The molecule has 1 N–H and O–H groups in total. The summed E-state index contributed by atoms with van der Waals surface area (Å²) >= 11 is 1.52. The van der Waals surface area contributed by atoms with Crippen molar-refractivity contribution in [2.75, 3.05) is 13.6 Å². The standard InChI is InChI=1S/C15H26N2O2S2/c1-3-9-16-11-14-10-15(12-20-14)21(18,19)17(2)13-7-5-4-6-8-13/h10,12-13,16H,3-9,11H2,1-2H3. The van der Waals surface area contributed by atoms with Crippen LogP contribution in [0.25, 0.3) is 0 Å². The first kappa shape index (κ1) is 16.9. The minimum Gasteiger partial charge on any atom is -0.312 e. The fourth-order valence-electron chi connectivity index (χ4n) is 2.78. The van der Waals surface area contributed by atoms with Gasteiger partial charge in [0.15, 0.2) is 0 Å². The van der Waals surface area contributed by atoms with Crippen molar-refractivity contribution in [3.05, 3.63) is 16.3 Å². The fraction of sp³-hybridized carbons (Fsp3) is 0.733. The Hall–Kier alpha value is -0.430. The van der Waals surface area contributed by atoms with Crippen molar-refractivity contribution in [1.82, 2.24) is 9.62 Å². The van der Waals surface area contributed by atoms with Crippen LogP contribution in [0.4, 0.5) is 0 Å². The van der Waals surface area contributed by atoms with Crippen LogP contribution < -0.4 is 5.32 Å². The largest absolute Gasteiger partial charge is 0.312 e. The van der Waals surface area contributed by atoms with Crippen molar-refractivity contribution in [1.29, 1.82) is 0 Å². The second-order valence-corrected chi connectivity index (χ2v) is 8.73. The van der Waals surface area contributed by atoms with Gasteiger partial charge < -0.3 is 5.32 Å². The fourth-order valence-corrected chi connectivity index (χ4v) is 5.43. The number of sulfonamides is 1. The molecule has 1 aliphatic carbocycles. The number of nitrogens with zero attached hydrogens (tertiary/aromatic N) is 1. The second-order valence-electron chi connectivity index (χ2n) is 5.74. The number of hydrogen-bond acceptors (Lipinski definition) is 4. The van der Waals surface area contributed by atoms with E-state index in [4.69, 9.17) is 0 Å². The van der Waals surface area contributed by atoms with Gasteiger partial charge in [0.25, 0.3) is 0 Å². The van der Waals surface area contributed by atoms with Crippen molar-refractivity contribution in [2.45, 2.75) is 62.9 Å². The van der Waals surface area contributed by atoms with Gasteiger partial charge in [-0.25, -0.2) is 8.42 Å². The molecule has 1 aromatic heterocycles. The lowest BCUT2D eigenvalue weighted by Gasteiger charge is -2.30. The Morgan fingerprint density at radius 2 is 2.05 bits per heavy atom. The third-order valence-electron chi connectivity index (χ3n) is 4.12. The average molecular weight is 331 g/mol. The lowest BCUT2D eigenvalue weighted by atomic mass is 9.96. The number of rotatable bonds is 7. The van der Waals surface area contributed by atoms with Crippen molar-refractivity contribution >= 4 is 21.4 Å². The Bertz CT molecular complexity index is 534. The smallest absolute Gasteiger partial charge is 0.243 e. The molecule has 0 unspecified atom stereocenters. The van der Waals surface area contributed by atoms with Crippen LogP contribution in [-0.4, -0.2) is 32.4 Å². The molecule has 0 atom stereocenters. The van der Waals surface area contributed by atoms with Crippen LogP contribution in [0.5, 0.6) is 0 Å². The maximum atomic E-state index is 12.7. The maximum absolute atomic E-state index is 12.7. The van der Waals surface area contributed by atoms with Gasteiger partial charge in [0.05, 0.1) is 4.90 Å². The molecule has 1 aromatic rings. The predicted octanol–water partition coefficient (Wildman–Crippen LogP) is 3.20. The van der Waals surface area contributed by atoms with Crippen LogP contribution in [0.2, 0.25) is 0 Å². The predicted molar refractivity (Wildman–Crippen MR) is 88.1 cm³/mol. The van der Waals surface area contributed by atoms with Gasteiger partial charge >= 0.3 is 0 Å². The lowest BCUT2D eigenvalue weighted by molar-refractivity contribution is 0.286. The molecular weight excluding hydrogens is 304 g/mol. The number of nitrogens with one attached hydrogen (secondary N) is 1. The summed E-state index contributed by atoms with van der Waals surface area (Å²) in [4.78, 5) is 1.54. The van der Waals surface area contributed by atoms with Crippen LogP contribution in [0.3, 0.4) is 0 Å². The van der Waals surface area contributed by atoms with E-state index in [1.165, 1.54) is 17.8 Å². The monoisotopic (exact) mass is 330 g/mol. The molecule has 0 aliphatic heterocycles. The van der Waals surface area contributed by atoms with Gasteiger partial charge in [0.2, 0.25) is 10.0 Å². The van der Waals surface area contributed by atoms with Gasteiger partial charge in [-0.2, -0.15) is 4.31 Å². The quantitative estimate of drug-likeness (QED) is 0.781. The van der Waals surface area contributed by atoms with E-state index in [2.05, 4.69) is 12.2 Å². The summed E-state index contributed by atoms with van der Waals surface area (Å²) in [5.74, 6) is 0. The second kappa shape index (κ2) is 7.72. The highest BCUT2D eigenvalue weighted by Gasteiger charge is 2.29. The molecule has 4 nitrogen and oxygen atoms in total. The molecule has 0 saturated heterocycles. The van der Waals surface area contributed by atoms with E-state index in [0.717, 1.165) is 50.1 Å². The Morgan fingerprint density at radius 1 is 1.33 bits per heavy atom. The van der Waals surface area contributed by atoms with E-state index in [-0.39, 0.29) is 6.04 Å². The van der Waals surface area contributed by atoms with E-state index < -0.39 is 10.0 Å². The van der Waals surface area contributed by atoms with E-state index in [1.807, 2.05) is 6.07 Å². The SMILES string of the molecule is CCCNCc1cc(S(=O)(=O)N(C)C2CCCCC2)cs1. The molecule has 1 aliphatic rings. The first-order valence-corrected chi connectivity index (χ1v) is 10.1. The molecule has 0 amide bonds. The molecule has 1 saturated carbocycles. The van der Waals surface area contributed by atoms with Crippen molar-refractivity contribution in [2.24, 2.45) is 0 Å². The zero-order valence-electron chi connectivity index (χ0n) is 13.0. The van der Waals surface area contributed by atoms with Gasteiger partial charge in [-0.05, 0) is 31.9 Å². The number of thiophene rings is 1. The first-order valence-electron chi connectivity index (χ1n) is 7.82. The van der Waals surface area contributed by atoms with Crippen LogP contribution in [0, 0.1) is 0 Å². The van der Waals surface area contributed by atoms with Gasteiger partial charge in [-0.15, -0.1) is 11.3 Å². The average Bonchev–Trinajstić information content (AvgIpc) is 2.97. The third-order valence-corrected chi connectivity index (χ3v) is 7.10. The lowest BCUT2D eigenvalue weighted by Crippen LogP contribution is -2.38. The highest BCUT2D eigenvalue weighted by atomic mass is 32.2. The summed E-state index contributed by atoms with van der Waals surface area (Å²) in [7, 11) is -1.60. The van der Waals surface area contributed by atoms with Crippen LogP contribution >= 0.6 is 11.3 Å². The van der Waals surface area contributed by atoms with Gasteiger partial charge in [0, 0.05) is 29.9 Å². The highest BCUT2D eigenvalue weighted by Crippen LogP contribution is 2.28. The van der Waals surface area contributed by atoms with Crippen molar-refractivity contribution in [3.63, 3.8) is 0 Å². The van der Waals surface area contributed by atoms with E-state index >= 15 is 0 Å². The van der Waals surface area contributed by atoms with Gasteiger partial charge in [0.1, 0.15) is 0 Å². The third kappa shape index (κ3) is 4.28. The zero-order valence-corrected chi connectivity index (χ0v) is 14.6. The normalized spacial score (nSPS) is 17.5. The molecule has 0 aromatic carbocycles. The Balaban J connectivity index is 2.04. The Kier molecular flexibility index (Phi) is 6.22. The molecule has 0 bridgehead atoms. The van der Waals surface area contributed by atoms with E-state index in [0.29, 0.717) is 4.90 Å². The van der Waals surface area contributed by atoms with E-state index in [9.17, 15) is 8.42 Å². The van der Waals surface area contributed by atoms with Crippen LogP contribution in [0.15, 0.2) is 16.3 Å². The summed E-state index contributed by atoms with van der Waals surface area (Å²) in [6.07, 6.45) is 6.58. The van der Waals surface area contributed by atoms with Crippen molar-refractivity contribution < 1.29 is 8.42 Å². The van der Waals surface area contributed by atoms with Crippen molar-refractivity contribution in [3.8, 4) is 0 Å². The molecule has 1 fully saturated rings. The highest BCUT2D eigenvalue weighted by molar-refractivity contribution is 7.89. The van der Waals surface area contributed by atoms with Crippen LogP contribution in [0.1, 0.15) is 50.3 Å². The van der Waals surface area contributed by atoms with E-state index in [1.54, 1.807) is 16.7 Å². The maximum Gasteiger partial charge on any atom is 0.243 e. The molecule has 0 spiro atoms. The molecule has 120 valence electrons. The molecule has 21 heavy (non-hydrogen) atoms. The summed E-state index contributed by atoms with van der Waals surface area (Å²) in [6.45, 7) is 3.83. The van der Waals surface area contributed by atoms with Gasteiger partial charge in [-0.1, -0.05) is 26.2 Å².